The van der Waals surface area contributed by atoms with Crippen LogP contribution in [-0.4, -0.2) is 25.0 Å². The molecule has 0 amide bonds. The summed E-state index contributed by atoms with van der Waals surface area (Å²) in [5, 5.41) is 0. The second kappa shape index (κ2) is 3.14. The van der Waals surface area contributed by atoms with E-state index in [-0.39, 0.29) is 0 Å². The van der Waals surface area contributed by atoms with Crippen molar-refractivity contribution in [3.05, 3.63) is 0 Å². The number of piperidine rings is 1. The minimum absolute atomic E-state index is 1.06. The van der Waals surface area contributed by atoms with Crippen LogP contribution < -0.4 is 0 Å². The molecule has 1 heteroatoms. The van der Waals surface area contributed by atoms with Crippen molar-refractivity contribution in [3.8, 4) is 0 Å². The lowest BCUT2D eigenvalue weighted by Crippen LogP contribution is -2.39. The Hall–Kier alpha value is -0.0400. The summed E-state index contributed by atoms with van der Waals surface area (Å²) < 4.78 is 0. The molecule has 0 radical (unpaired) electrons. The highest BCUT2D eigenvalue weighted by molar-refractivity contribution is 4.81. The molecule has 1 nitrogen and oxygen atoms in total. The Morgan fingerprint density at radius 3 is 2.55 bits per heavy atom. The van der Waals surface area contributed by atoms with Gasteiger partial charge in [0.2, 0.25) is 0 Å². The summed E-state index contributed by atoms with van der Waals surface area (Å²) in [6.45, 7) is 2.73. The third-order valence-corrected chi connectivity index (χ3v) is 3.49. The van der Waals surface area contributed by atoms with Crippen molar-refractivity contribution in [2.75, 3.05) is 20.1 Å². The fraction of sp³-hybridized carbons (Fsp3) is 1.00. The first-order valence-corrected chi connectivity index (χ1v) is 5.05. The summed E-state index contributed by atoms with van der Waals surface area (Å²) in [4.78, 5) is 2.51. The lowest BCUT2D eigenvalue weighted by Gasteiger charge is -2.39. The zero-order valence-electron chi connectivity index (χ0n) is 7.55. The molecule has 1 saturated carbocycles. The lowest BCUT2D eigenvalue weighted by atomic mass is 9.75. The average Bonchev–Trinajstić information content (AvgIpc) is 2.04. The van der Waals surface area contributed by atoms with Crippen molar-refractivity contribution in [3.63, 3.8) is 0 Å². The number of hydrogen-bond donors (Lipinski definition) is 0. The van der Waals surface area contributed by atoms with Gasteiger partial charge < -0.3 is 4.90 Å². The normalized spacial score (nSPS) is 40.1. The smallest absolute Gasteiger partial charge is 0.000926 e. The predicted molar refractivity (Wildman–Crippen MR) is 47.6 cm³/mol. The van der Waals surface area contributed by atoms with Gasteiger partial charge in [-0.25, -0.2) is 0 Å². The highest BCUT2D eigenvalue weighted by atomic mass is 15.1. The van der Waals surface area contributed by atoms with E-state index in [9.17, 15) is 0 Å². The first-order valence-electron chi connectivity index (χ1n) is 5.05. The molecule has 0 aromatic heterocycles. The Balaban J connectivity index is 1.93. The third kappa shape index (κ3) is 1.58. The Labute approximate surface area is 69.8 Å². The number of hydrogen-bond acceptors (Lipinski definition) is 1. The SMILES string of the molecule is CN1CCC2CCCCC2C1. The van der Waals surface area contributed by atoms with E-state index in [0.717, 1.165) is 11.8 Å². The molecule has 0 bridgehead atoms. The van der Waals surface area contributed by atoms with Gasteiger partial charge >= 0.3 is 0 Å². The molecule has 2 atom stereocenters. The molecular formula is C10H19N. The fourth-order valence-electron chi connectivity index (χ4n) is 2.78. The molecule has 11 heavy (non-hydrogen) atoms. The molecule has 1 saturated heterocycles. The Kier molecular flexibility index (Phi) is 2.17. The van der Waals surface area contributed by atoms with Crippen molar-refractivity contribution < 1.29 is 0 Å². The van der Waals surface area contributed by atoms with Crippen molar-refractivity contribution >= 4 is 0 Å². The summed E-state index contributed by atoms with van der Waals surface area (Å²) in [5.41, 5.74) is 0. The van der Waals surface area contributed by atoms with Gasteiger partial charge in [-0.3, -0.25) is 0 Å². The summed E-state index contributed by atoms with van der Waals surface area (Å²) >= 11 is 0. The van der Waals surface area contributed by atoms with Gasteiger partial charge in [0, 0.05) is 6.54 Å². The zero-order chi connectivity index (χ0) is 7.68. The molecule has 2 fully saturated rings. The Bertz CT molecular complexity index is 133. The van der Waals surface area contributed by atoms with Crippen LogP contribution in [0.15, 0.2) is 0 Å². The highest BCUT2D eigenvalue weighted by Gasteiger charge is 2.29. The maximum absolute atomic E-state index is 2.51. The van der Waals surface area contributed by atoms with Crippen molar-refractivity contribution in [2.45, 2.75) is 32.1 Å². The predicted octanol–water partition coefficient (Wildman–Crippen LogP) is 2.13. The molecular weight excluding hydrogens is 134 g/mol. The standard InChI is InChI=1S/C10H19N/c1-11-7-6-9-4-2-3-5-10(9)8-11/h9-10H,2-8H2,1H3. The van der Waals surface area contributed by atoms with Crippen LogP contribution >= 0.6 is 0 Å². The summed E-state index contributed by atoms with van der Waals surface area (Å²) in [6, 6.07) is 0. The van der Waals surface area contributed by atoms with Crippen LogP contribution in [0, 0.1) is 11.8 Å². The molecule has 0 aromatic rings. The van der Waals surface area contributed by atoms with E-state index in [0.29, 0.717) is 0 Å². The van der Waals surface area contributed by atoms with Gasteiger partial charge in [0.1, 0.15) is 0 Å². The van der Waals surface area contributed by atoms with E-state index in [1.165, 1.54) is 45.2 Å². The zero-order valence-corrected chi connectivity index (χ0v) is 7.55. The molecule has 1 aliphatic heterocycles. The molecule has 2 rings (SSSR count). The average molecular weight is 153 g/mol. The van der Waals surface area contributed by atoms with Crippen molar-refractivity contribution in [1.29, 1.82) is 0 Å². The molecule has 1 heterocycles. The minimum atomic E-state index is 1.06. The van der Waals surface area contributed by atoms with Gasteiger partial charge in [-0.15, -0.1) is 0 Å². The van der Waals surface area contributed by atoms with E-state index in [1.807, 2.05) is 0 Å². The topological polar surface area (TPSA) is 3.24 Å². The van der Waals surface area contributed by atoms with Gasteiger partial charge in [-0.1, -0.05) is 19.3 Å². The van der Waals surface area contributed by atoms with Gasteiger partial charge in [0.25, 0.3) is 0 Å². The van der Waals surface area contributed by atoms with Crippen molar-refractivity contribution in [1.82, 2.24) is 4.90 Å². The second-order valence-corrected chi connectivity index (χ2v) is 4.36. The molecule has 1 aliphatic carbocycles. The molecule has 2 aliphatic rings. The number of rotatable bonds is 0. The van der Waals surface area contributed by atoms with Crippen LogP contribution in [0.1, 0.15) is 32.1 Å². The van der Waals surface area contributed by atoms with Gasteiger partial charge in [-0.2, -0.15) is 0 Å². The molecule has 64 valence electrons. The van der Waals surface area contributed by atoms with E-state index in [2.05, 4.69) is 11.9 Å². The summed E-state index contributed by atoms with van der Waals surface area (Å²) in [7, 11) is 2.27. The highest BCUT2D eigenvalue weighted by Crippen LogP contribution is 2.35. The fourth-order valence-corrected chi connectivity index (χ4v) is 2.78. The van der Waals surface area contributed by atoms with Crippen LogP contribution in [0.2, 0.25) is 0 Å². The van der Waals surface area contributed by atoms with Gasteiger partial charge in [0.15, 0.2) is 0 Å². The van der Waals surface area contributed by atoms with Crippen LogP contribution in [0.5, 0.6) is 0 Å². The maximum atomic E-state index is 2.51. The van der Waals surface area contributed by atoms with E-state index in [1.54, 1.807) is 0 Å². The second-order valence-electron chi connectivity index (χ2n) is 4.36. The monoisotopic (exact) mass is 153 g/mol. The molecule has 2 unspecified atom stereocenters. The Morgan fingerprint density at radius 2 is 1.73 bits per heavy atom. The number of nitrogens with zero attached hydrogens (tertiary/aromatic N) is 1. The third-order valence-electron chi connectivity index (χ3n) is 3.49. The Morgan fingerprint density at radius 1 is 1.00 bits per heavy atom. The number of likely N-dealkylation sites (tertiary alicyclic amines) is 1. The van der Waals surface area contributed by atoms with Crippen LogP contribution in [0.3, 0.4) is 0 Å². The largest absolute Gasteiger partial charge is 0.306 e. The lowest BCUT2D eigenvalue weighted by molar-refractivity contribution is 0.105. The molecule has 0 aromatic carbocycles. The van der Waals surface area contributed by atoms with Crippen LogP contribution in [0.4, 0.5) is 0 Å². The van der Waals surface area contributed by atoms with Crippen molar-refractivity contribution in [2.24, 2.45) is 11.8 Å². The van der Waals surface area contributed by atoms with Crippen LogP contribution in [-0.2, 0) is 0 Å². The molecule has 0 spiro atoms. The van der Waals surface area contributed by atoms with Gasteiger partial charge in [-0.05, 0) is 38.3 Å². The summed E-state index contributed by atoms with van der Waals surface area (Å²) in [6.07, 6.45) is 7.51. The first-order chi connectivity index (χ1) is 5.36. The first kappa shape index (κ1) is 7.60. The van der Waals surface area contributed by atoms with E-state index < -0.39 is 0 Å². The van der Waals surface area contributed by atoms with E-state index in [4.69, 9.17) is 0 Å². The summed E-state index contributed by atoms with van der Waals surface area (Å²) in [5.74, 6) is 2.16. The van der Waals surface area contributed by atoms with E-state index >= 15 is 0 Å². The van der Waals surface area contributed by atoms with Crippen LogP contribution in [0.25, 0.3) is 0 Å². The quantitative estimate of drug-likeness (QED) is 0.515. The molecule has 0 N–H and O–H groups in total. The minimum Gasteiger partial charge on any atom is -0.306 e. The maximum Gasteiger partial charge on any atom is 0.000926 e. The van der Waals surface area contributed by atoms with Gasteiger partial charge in [0.05, 0.1) is 0 Å². The number of fused-ring (bicyclic) bond motifs is 1.